The number of aryl methyl sites for hydroxylation is 1. The van der Waals surface area contributed by atoms with Crippen molar-refractivity contribution in [1.29, 1.82) is 0 Å². The molecule has 0 aliphatic carbocycles. The van der Waals surface area contributed by atoms with Crippen LogP contribution < -0.4 is 10.5 Å². The zero-order valence-electron chi connectivity index (χ0n) is 11.5. The van der Waals surface area contributed by atoms with Crippen molar-refractivity contribution in [2.75, 3.05) is 11.9 Å². The first-order valence-electron chi connectivity index (χ1n) is 6.32. The maximum atomic E-state index is 12.1. The lowest BCUT2D eigenvalue weighted by atomic mass is 10.3. The number of halogens is 1. The highest BCUT2D eigenvalue weighted by atomic mass is 35.5. The predicted octanol–water partition coefficient (Wildman–Crippen LogP) is 3.78. The summed E-state index contributed by atoms with van der Waals surface area (Å²) in [6, 6.07) is 11.0. The minimum atomic E-state index is -0.257. The van der Waals surface area contributed by atoms with Crippen molar-refractivity contribution in [2.24, 2.45) is 0 Å². The van der Waals surface area contributed by atoms with E-state index in [2.05, 4.69) is 9.97 Å². The molecule has 1 aromatic carbocycles. The second-order valence-corrected chi connectivity index (χ2v) is 6.03. The Kier molecular flexibility index (Phi) is 3.61. The largest absolute Gasteiger partial charge is 0.321 e. The molecule has 0 N–H and O–H groups in total. The van der Waals surface area contributed by atoms with Gasteiger partial charge in [0.1, 0.15) is 4.83 Å². The van der Waals surface area contributed by atoms with E-state index in [0.717, 1.165) is 11.4 Å². The molecule has 2 aromatic heterocycles. The van der Waals surface area contributed by atoms with E-state index >= 15 is 0 Å². The molecule has 106 valence electrons. The molecule has 3 rings (SSSR count). The summed E-state index contributed by atoms with van der Waals surface area (Å²) in [7, 11) is 1.86. The van der Waals surface area contributed by atoms with E-state index in [-0.39, 0.29) is 5.56 Å². The van der Waals surface area contributed by atoms with Gasteiger partial charge >= 0.3 is 0 Å². The Morgan fingerprint density at radius 3 is 2.52 bits per heavy atom. The lowest BCUT2D eigenvalue weighted by Gasteiger charge is -2.17. The van der Waals surface area contributed by atoms with E-state index in [4.69, 9.17) is 11.6 Å². The topological polar surface area (TPSA) is 46.1 Å². The van der Waals surface area contributed by atoms with Crippen molar-refractivity contribution >= 4 is 44.0 Å². The Balaban J connectivity index is 2.11. The zero-order valence-corrected chi connectivity index (χ0v) is 13.1. The van der Waals surface area contributed by atoms with E-state index < -0.39 is 0 Å². The van der Waals surface area contributed by atoms with Crippen LogP contribution in [-0.4, -0.2) is 17.0 Å². The fourth-order valence-electron chi connectivity index (χ4n) is 1.95. The fourth-order valence-corrected chi connectivity index (χ4v) is 3.07. The minimum absolute atomic E-state index is 0.257. The molecule has 0 amide bonds. The lowest BCUT2D eigenvalue weighted by molar-refractivity contribution is 1.14. The maximum absolute atomic E-state index is 12.1. The number of anilines is 2. The summed E-state index contributed by atoms with van der Waals surface area (Å²) >= 11 is 7.28. The number of fused-ring (bicyclic) bond motifs is 1. The summed E-state index contributed by atoms with van der Waals surface area (Å²) in [4.78, 5) is 23.2. The molecule has 0 atom stereocenters. The van der Waals surface area contributed by atoms with Gasteiger partial charge in [-0.2, -0.15) is 4.98 Å². The summed E-state index contributed by atoms with van der Waals surface area (Å²) in [5, 5.41) is 1.83. The van der Waals surface area contributed by atoms with Crippen molar-refractivity contribution in [3.8, 4) is 0 Å². The minimum Gasteiger partial charge on any atom is -0.321 e. The molecule has 0 unspecified atom stereocenters. The van der Waals surface area contributed by atoms with Crippen molar-refractivity contribution in [2.45, 2.75) is 6.92 Å². The average molecular weight is 318 g/mol. The van der Waals surface area contributed by atoms with Crippen LogP contribution in [0.3, 0.4) is 0 Å². The number of rotatable bonds is 2. The molecule has 0 radical (unpaired) electrons. The summed E-state index contributed by atoms with van der Waals surface area (Å²) in [6.45, 7) is 1.90. The summed E-state index contributed by atoms with van der Waals surface area (Å²) in [5.74, 6) is 0. The Morgan fingerprint density at radius 1 is 1.10 bits per heavy atom. The molecule has 0 saturated heterocycles. The predicted molar refractivity (Wildman–Crippen MR) is 87.9 cm³/mol. The second kappa shape index (κ2) is 5.42. The van der Waals surface area contributed by atoms with Crippen LogP contribution in [0.15, 0.2) is 41.2 Å². The third kappa shape index (κ3) is 2.75. The van der Waals surface area contributed by atoms with E-state index in [1.165, 1.54) is 11.3 Å². The van der Waals surface area contributed by atoms with Gasteiger partial charge in [-0.05, 0) is 43.3 Å². The van der Waals surface area contributed by atoms with E-state index in [0.29, 0.717) is 20.4 Å². The molecule has 0 bridgehead atoms. The molecular formula is C15H12ClN3OS. The Bertz CT molecular complexity index is 861. The van der Waals surface area contributed by atoms with Gasteiger partial charge in [0.2, 0.25) is 0 Å². The molecular weight excluding hydrogens is 306 g/mol. The number of pyridine rings is 1. The van der Waals surface area contributed by atoms with E-state index in [1.807, 2.05) is 37.1 Å². The average Bonchev–Trinajstić information content (AvgIpc) is 2.46. The van der Waals surface area contributed by atoms with Crippen molar-refractivity contribution < 1.29 is 0 Å². The van der Waals surface area contributed by atoms with Gasteiger partial charge in [-0.25, -0.2) is 4.98 Å². The number of aromatic nitrogens is 2. The third-order valence-electron chi connectivity index (χ3n) is 3.12. The second-order valence-electron chi connectivity index (χ2n) is 4.64. The van der Waals surface area contributed by atoms with Crippen LogP contribution in [0.1, 0.15) is 5.69 Å². The first kappa shape index (κ1) is 14.0. The molecule has 21 heavy (non-hydrogen) atoms. The first-order chi connectivity index (χ1) is 10.0. The number of benzene rings is 1. The van der Waals surface area contributed by atoms with Gasteiger partial charge in [-0.3, -0.25) is 4.79 Å². The van der Waals surface area contributed by atoms with Gasteiger partial charge in [-0.15, -0.1) is 0 Å². The summed E-state index contributed by atoms with van der Waals surface area (Å²) in [5.41, 5.74) is 1.53. The van der Waals surface area contributed by atoms with Crippen LogP contribution in [-0.2, 0) is 0 Å². The van der Waals surface area contributed by atoms with Gasteiger partial charge < -0.3 is 4.90 Å². The van der Waals surface area contributed by atoms with Crippen molar-refractivity contribution in [3.05, 3.63) is 57.5 Å². The van der Waals surface area contributed by atoms with Crippen molar-refractivity contribution in [3.63, 3.8) is 0 Å². The SMILES string of the molecule is Cc1ccc2c(=O)nc(N(C)c3ccc(Cl)cc3)sc2n1. The standard InChI is InChI=1S/C15H12ClN3OS/c1-9-3-8-12-13(20)18-15(21-14(12)17-9)19(2)11-6-4-10(16)5-7-11/h3-8H,1-2H3. The van der Waals surface area contributed by atoms with Gasteiger partial charge in [0, 0.05) is 23.5 Å². The van der Waals surface area contributed by atoms with Gasteiger partial charge in [0.15, 0.2) is 5.13 Å². The molecule has 0 aliphatic rings. The van der Waals surface area contributed by atoms with Crippen LogP contribution in [0, 0.1) is 6.92 Å². The van der Waals surface area contributed by atoms with Gasteiger partial charge in [0.05, 0.1) is 5.39 Å². The normalized spacial score (nSPS) is 10.8. The number of nitrogens with zero attached hydrogens (tertiary/aromatic N) is 3. The Hall–Kier alpha value is -1.98. The molecule has 0 saturated carbocycles. The molecule has 0 aliphatic heterocycles. The monoisotopic (exact) mass is 317 g/mol. The zero-order chi connectivity index (χ0) is 15.0. The van der Waals surface area contributed by atoms with Gasteiger partial charge in [-0.1, -0.05) is 22.9 Å². The summed E-state index contributed by atoms with van der Waals surface area (Å²) < 4.78 is 0. The highest BCUT2D eigenvalue weighted by Crippen LogP contribution is 2.28. The van der Waals surface area contributed by atoms with E-state index in [9.17, 15) is 4.79 Å². The molecule has 6 heteroatoms. The maximum Gasteiger partial charge on any atom is 0.282 e. The van der Waals surface area contributed by atoms with Crippen LogP contribution in [0.2, 0.25) is 5.02 Å². The van der Waals surface area contributed by atoms with Crippen molar-refractivity contribution in [1.82, 2.24) is 9.97 Å². The van der Waals surface area contributed by atoms with E-state index in [1.54, 1.807) is 18.2 Å². The highest BCUT2D eigenvalue weighted by molar-refractivity contribution is 7.21. The lowest BCUT2D eigenvalue weighted by Crippen LogP contribution is -2.15. The molecule has 0 fully saturated rings. The molecule has 0 spiro atoms. The Labute approximate surface area is 130 Å². The number of hydrogen-bond donors (Lipinski definition) is 0. The molecule has 2 heterocycles. The number of hydrogen-bond acceptors (Lipinski definition) is 5. The Morgan fingerprint density at radius 2 is 1.81 bits per heavy atom. The van der Waals surface area contributed by atoms with Crippen LogP contribution in [0.25, 0.3) is 10.2 Å². The fraction of sp³-hybridized carbons (Fsp3) is 0.133. The third-order valence-corrected chi connectivity index (χ3v) is 4.42. The molecule has 4 nitrogen and oxygen atoms in total. The quantitative estimate of drug-likeness (QED) is 0.721. The highest BCUT2D eigenvalue weighted by Gasteiger charge is 2.11. The van der Waals surface area contributed by atoms with Crippen LogP contribution in [0.4, 0.5) is 10.8 Å². The summed E-state index contributed by atoms with van der Waals surface area (Å²) in [6.07, 6.45) is 0. The van der Waals surface area contributed by atoms with Crippen LogP contribution in [0.5, 0.6) is 0 Å². The van der Waals surface area contributed by atoms with Gasteiger partial charge in [0.25, 0.3) is 5.56 Å². The molecule has 3 aromatic rings. The van der Waals surface area contributed by atoms with Crippen LogP contribution >= 0.6 is 22.9 Å². The first-order valence-corrected chi connectivity index (χ1v) is 7.52. The smallest absolute Gasteiger partial charge is 0.282 e.